The highest BCUT2D eigenvalue weighted by molar-refractivity contribution is 5.80. The summed E-state index contributed by atoms with van der Waals surface area (Å²) >= 11 is 0. The lowest BCUT2D eigenvalue weighted by molar-refractivity contribution is 0.173. The molecule has 0 aliphatic rings. The van der Waals surface area contributed by atoms with Crippen LogP contribution < -0.4 is 0 Å². The number of nitrogens with zero attached hydrogens (tertiary/aromatic N) is 2. The molecule has 0 aliphatic carbocycles. The van der Waals surface area contributed by atoms with Crippen LogP contribution in [0, 0.1) is 0 Å². The molecule has 0 aliphatic heterocycles. The van der Waals surface area contributed by atoms with Crippen molar-refractivity contribution in [2.24, 2.45) is 0 Å². The minimum atomic E-state index is -0.386. The van der Waals surface area contributed by atoms with Crippen molar-refractivity contribution in [2.75, 3.05) is 0 Å². The molecule has 0 saturated carbocycles. The Bertz CT molecular complexity index is 685. The molecular weight excluding hydrogens is 236 g/mol. The van der Waals surface area contributed by atoms with Crippen molar-refractivity contribution in [1.29, 1.82) is 0 Å². The third kappa shape index (κ3) is 2.13. The van der Waals surface area contributed by atoms with Crippen LogP contribution in [-0.2, 0) is 0 Å². The predicted molar refractivity (Wildman–Crippen MR) is 76.3 cm³/mol. The molecule has 0 bridgehead atoms. The third-order valence-corrected chi connectivity index (χ3v) is 3.39. The Labute approximate surface area is 112 Å². The van der Waals surface area contributed by atoms with E-state index in [4.69, 9.17) is 0 Å². The number of para-hydroxylation sites is 1. The standard InChI is InChI=1S/C16H16N2O/c1-2-16(19)12-7-9-14(10-8-12)18-15-6-4-3-5-13(15)11-17-18/h3-11,16,19H,2H2,1H3/t16-/m1/s1. The number of benzene rings is 2. The van der Waals surface area contributed by atoms with Crippen molar-refractivity contribution in [3.05, 3.63) is 60.3 Å². The summed E-state index contributed by atoms with van der Waals surface area (Å²) < 4.78 is 1.91. The van der Waals surface area contributed by atoms with Gasteiger partial charge >= 0.3 is 0 Å². The highest BCUT2D eigenvalue weighted by Gasteiger charge is 2.07. The Morgan fingerprint density at radius 1 is 1.11 bits per heavy atom. The molecule has 0 fully saturated rings. The molecule has 0 radical (unpaired) electrons. The zero-order valence-corrected chi connectivity index (χ0v) is 10.8. The van der Waals surface area contributed by atoms with E-state index in [-0.39, 0.29) is 6.10 Å². The highest BCUT2D eigenvalue weighted by atomic mass is 16.3. The lowest BCUT2D eigenvalue weighted by Crippen LogP contribution is -1.98. The monoisotopic (exact) mass is 252 g/mol. The Kier molecular flexibility index (Phi) is 3.05. The van der Waals surface area contributed by atoms with Crippen molar-refractivity contribution in [3.63, 3.8) is 0 Å². The number of rotatable bonds is 3. The second-order valence-corrected chi connectivity index (χ2v) is 4.63. The molecule has 1 N–H and O–H groups in total. The van der Waals surface area contributed by atoms with Crippen molar-refractivity contribution >= 4 is 10.9 Å². The predicted octanol–water partition coefficient (Wildman–Crippen LogP) is 3.47. The minimum Gasteiger partial charge on any atom is -0.388 e. The number of hydrogen-bond acceptors (Lipinski definition) is 2. The van der Waals surface area contributed by atoms with Crippen molar-refractivity contribution in [2.45, 2.75) is 19.4 Å². The summed E-state index contributed by atoms with van der Waals surface area (Å²) in [6.07, 6.45) is 2.21. The highest BCUT2D eigenvalue weighted by Crippen LogP contribution is 2.21. The van der Waals surface area contributed by atoms with Gasteiger partial charge in [-0.05, 0) is 30.2 Å². The number of aliphatic hydroxyl groups is 1. The van der Waals surface area contributed by atoms with Crippen molar-refractivity contribution in [3.8, 4) is 5.69 Å². The fourth-order valence-electron chi connectivity index (χ4n) is 2.25. The Morgan fingerprint density at radius 2 is 1.84 bits per heavy atom. The lowest BCUT2D eigenvalue weighted by Gasteiger charge is -2.09. The molecule has 2 aromatic carbocycles. The molecule has 3 aromatic rings. The van der Waals surface area contributed by atoms with Gasteiger partial charge in [-0.25, -0.2) is 4.68 Å². The molecule has 0 amide bonds. The van der Waals surface area contributed by atoms with E-state index in [1.54, 1.807) is 0 Å². The molecular formula is C16H16N2O. The minimum absolute atomic E-state index is 0.386. The molecule has 1 aromatic heterocycles. The van der Waals surface area contributed by atoms with Gasteiger partial charge < -0.3 is 5.11 Å². The van der Waals surface area contributed by atoms with E-state index in [1.165, 1.54) is 0 Å². The van der Waals surface area contributed by atoms with Crippen LogP contribution in [0.25, 0.3) is 16.6 Å². The molecule has 0 unspecified atom stereocenters. The summed E-state index contributed by atoms with van der Waals surface area (Å²) in [6, 6.07) is 16.0. The Balaban J connectivity index is 2.02. The maximum Gasteiger partial charge on any atom is 0.0787 e. The van der Waals surface area contributed by atoms with Crippen LogP contribution in [0.15, 0.2) is 54.7 Å². The van der Waals surface area contributed by atoms with Gasteiger partial charge in [0.1, 0.15) is 0 Å². The van der Waals surface area contributed by atoms with Gasteiger partial charge in [-0.3, -0.25) is 0 Å². The average Bonchev–Trinajstić information content (AvgIpc) is 2.90. The van der Waals surface area contributed by atoms with E-state index < -0.39 is 0 Å². The number of fused-ring (bicyclic) bond motifs is 1. The molecule has 1 atom stereocenters. The summed E-state index contributed by atoms with van der Waals surface area (Å²) in [7, 11) is 0. The van der Waals surface area contributed by atoms with Crippen LogP contribution >= 0.6 is 0 Å². The Hall–Kier alpha value is -2.13. The first kappa shape index (κ1) is 11.9. The summed E-state index contributed by atoms with van der Waals surface area (Å²) in [6.45, 7) is 1.97. The molecule has 1 heterocycles. The van der Waals surface area contributed by atoms with E-state index in [9.17, 15) is 5.11 Å². The second-order valence-electron chi connectivity index (χ2n) is 4.63. The van der Waals surface area contributed by atoms with E-state index >= 15 is 0 Å². The summed E-state index contributed by atoms with van der Waals surface area (Å²) in [4.78, 5) is 0. The first-order chi connectivity index (χ1) is 9.29. The van der Waals surface area contributed by atoms with Gasteiger partial charge in [0.05, 0.1) is 23.5 Å². The second kappa shape index (κ2) is 4.86. The van der Waals surface area contributed by atoms with E-state index in [2.05, 4.69) is 11.2 Å². The molecule has 3 rings (SSSR count). The van der Waals surface area contributed by atoms with Crippen LogP contribution in [0.5, 0.6) is 0 Å². The fourth-order valence-corrected chi connectivity index (χ4v) is 2.25. The van der Waals surface area contributed by atoms with Gasteiger partial charge in [-0.15, -0.1) is 0 Å². The maximum atomic E-state index is 9.80. The van der Waals surface area contributed by atoms with Gasteiger partial charge in [-0.2, -0.15) is 5.10 Å². The maximum absolute atomic E-state index is 9.80. The quantitative estimate of drug-likeness (QED) is 0.775. The summed E-state index contributed by atoms with van der Waals surface area (Å²) in [5.74, 6) is 0. The molecule has 96 valence electrons. The van der Waals surface area contributed by atoms with Crippen LogP contribution in [0.3, 0.4) is 0 Å². The van der Waals surface area contributed by atoms with E-state index in [1.807, 2.05) is 60.3 Å². The summed E-state index contributed by atoms with van der Waals surface area (Å²) in [5, 5.41) is 15.3. The van der Waals surface area contributed by atoms with Gasteiger partial charge in [-0.1, -0.05) is 37.3 Å². The van der Waals surface area contributed by atoms with Crippen molar-refractivity contribution in [1.82, 2.24) is 9.78 Å². The zero-order chi connectivity index (χ0) is 13.2. The first-order valence-electron chi connectivity index (χ1n) is 6.51. The van der Waals surface area contributed by atoms with Gasteiger partial charge in [0.2, 0.25) is 0 Å². The van der Waals surface area contributed by atoms with E-state index in [0.717, 1.165) is 28.6 Å². The smallest absolute Gasteiger partial charge is 0.0787 e. The van der Waals surface area contributed by atoms with E-state index in [0.29, 0.717) is 0 Å². The normalized spacial score (nSPS) is 12.7. The lowest BCUT2D eigenvalue weighted by atomic mass is 10.1. The average molecular weight is 252 g/mol. The zero-order valence-electron chi connectivity index (χ0n) is 10.8. The molecule has 0 saturated heterocycles. The van der Waals surface area contributed by atoms with Crippen LogP contribution in [0.2, 0.25) is 0 Å². The molecule has 3 heteroatoms. The van der Waals surface area contributed by atoms with Crippen LogP contribution in [0.4, 0.5) is 0 Å². The largest absolute Gasteiger partial charge is 0.388 e. The van der Waals surface area contributed by atoms with Gasteiger partial charge in [0.15, 0.2) is 0 Å². The summed E-state index contributed by atoms with van der Waals surface area (Å²) in [5.41, 5.74) is 3.04. The molecule has 3 nitrogen and oxygen atoms in total. The fraction of sp³-hybridized carbons (Fsp3) is 0.188. The van der Waals surface area contributed by atoms with Gasteiger partial charge in [0, 0.05) is 5.39 Å². The van der Waals surface area contributed by atoms with Crippen molar-refractivity contribution < 1.29 is 5.11 Å². The third-order valence-electron chi connectivity index (χ3n) is 3.39. The topological polar surface area (TPSA) is 38.0 Å². The SMILES string of the molecule is CC[C@@H](O)c1ccc(-n2ncc3ccccc32)cc1. The number of aliphatic hydroxyl groups excluding tert-OH is 1. The Morgan fingerprint density at radius 3 is 2.58 bits per heavy atom. The number of hydrogen-bond donors (Lipinski definition) is 1. The van der Waals surface area contributed by atoms with Crippen LogP contribution in [0.1, 0.15) is 25.0 Å². The van der Waals surface area contributed by atoms with Gasteiger partial charge in [0.25, 0.3) is 0 Å². The first-order valence-corrected chi connectivity index (χ1v) is 6.51. The number of aromatic nitrogens is 2. The van der Waals surface area contributed by atoms with Crippen LogP contribution in [-0.4, -0.2) is 14.9 Å². The molecule has 19 heavy (non-hydrogen) atoms. The molecule has 0 spiro atoms.